The van der Waals surface area contributed by atoms with Crippen molar-refractivity contribution in [3.8, 4) is 11.8 Å². The van der Waals surface area contributed by atoms with Crippen molar-refractivity contribution in [2.24, 2.45) is 0 Å². The minimum atomic E-state index is -0.192. The molecule has 1 aromatic rings. The van der Waals surface area contributed by atoms with Gasteiger partial charge in [-0.05, 0) is 18.2 Å². The quantitative estimate of drug-likeness (QED) is 0.727. The van der Waals surface area contributed by atoms with E-state index >= 15 is 0 Å². The van der Waals surface area contributed by atoms with Crippen LogP contribution in [0.4, 0.5) is 5.69 Å². The number of nitriles is 1. The fraction of sp³-hybridized carbons (Fsp3) is 0.200. The van der Waals surface area contributed by atoms with Crippen molar-refractivity contribution in [2.45, 2.75) is 0 Å². The number of hydrogen-bond acceptors (Lipinski definition) is 3. The summed E-state index contributed by atoms with van der Waals surface area (Å²) in [6, 6.07) is 7.34. The molecular weight excluding hydrogens is 260 g/mol. The summed E-state index contributed by atoms with van der Waals surface area (Å²) in [4.78, 5) is 12.9. The van der Waals surface area contributed by atoms with Crippen LogP contribution in [0.5, 0.6) is 5.75 Å². The molecule has 0 saturated heterocycles. The molecule has 4 nitrogen and oxygen atoms in total. The number of anilines is 1. The molecule has 0 N–H and O–H groups in total. The molecular formula is C10H7BrN2O2. The van der Waals surface area contributed by atoms with E-state index in [9.17, 15) is 4.79 Å². The fourth-order valence-corrected chi connectivity index (χ4v) is 1.77. The van der Waals surface area contributed by atoms with E-state index in [0.717, 1.165) is 4.47 Å². The lowest BCUT2D eigenvalue weighted by Crippen LogP contribution is -2.38. The topological polar surface area (TPSA) is 53.3 Å². The molecule has 0 bridgehead atoms. The van der Waals surface area contributed by atoms with Gasteiger partial charge in [-0.2, -0.15) is 5.26 Å². The van der Waals surface area contributed by atoms with Crippen LogP contribution in [0.15, 0.2) is 22.7 Å². The number of hydrogen-bond donors (Lipinski definition) is 0. The highest BCUT2D eigenvalue weighted by Gasteiger charge is 2.25. The first-order valence-electron chi connectivity index (χ1n) is 4.32. The number of nitrogens with zero attached hydrogens (tertiary/aromatic N) is 2. The van der Waals surface area contributed by atoms with Gasteiger partial charge >= 0.3 is 0 Å². The maximum Gasteiger partial charge on any atom is 0.265 e. The lowest BCUT2D eigenvalue weighted by Gasteiger charge is -2.27. The average molecular weight is 267 g/mol. The van der Waals surface area contributed by atoms with E-state index in [1.165, 1.54) is 4.90 Å². The second kappa shape index (κ2) is 3.91. The molecule has 2 rings (SSSR count). The Morgan fingerprint density at radius 1 is 1.60 bits per heavy atom. The summed E-state index contributed by atoms with van der Waals surface area (Å²) in [7, 11) is 0. The lowest BCUT2D eigenvalue weighted by molar-refractivity contribution is -0.121. The van der Waals surface area contributed by atoms with E-state index in [-0.39, 0.29) is 19.1 Å². The van der Waals surface area contributed by atoms with Crippen LogP contribution in [0.25, 0.3) is 0 Å². The van der Waals surface area contributed by atoms with Gasteiger partial charge in [0.25, 0.3) is 5.91 Å². The van der Waals surface area contributed by atoms with Gasteiger partial charge in [0.15, 0.2) is 6.61 Å². The van der Waals surface area contributed by atoms with E-state index in [1.807, 2.05) is 12.1 Å². The second-order valence-electron chi connectivity index (χ2n) is 3.04. The van der Waals surface area contributed by atoms with Crippen molar-refractivity contribution in [3.63, 3.8) is 0 Å². The SMILES string of the molecule is N#CCN1C(=O)COc2ccc(Br)cc21. The third-order valence-electron chi connectivity index (χ3n) is 2.09. The Kier molecular flexibility index (Phi) is 2.60. The Hall–Kier alpha value is -1.54. The molecule has 0 saturated carbocycles. The monoisotopic (exact) mass is 266 g/mol. The minimum Gasteiger partial charge on any atom is -0.482 e. The van der Waals surface area contributed by atoms with Crippen LogP contribution in [0.1, 0.15) is 0 Å². The molecule has 1 heterocycles. The third kappa shape index (κ3) is 1.81. The first-order valence-corrected chi connectivity index (χ1v) is 5.11. The number of fused-ring (bicyclic) bond motifs is 1. The van der Waals surface area contributed by atoms with Gasteiger partial charge in [0.05, 0.1) is 11.8 Å². The molecule has 0 aromatic heterocycles. The molecule has 0 radical (unpaired) electrons. The van der Waals surface area contributed by atoms with Gasteiger partial charge in [0.2, 0.25) is 0 Å². The van der Waals surface area contributed by atoms with Gasteiger partial charge in [0, 0.05) is 4.47 Å². The van der Waals surface area contributed by atoms with E-state index < -0.39 is 0 Å². The van der Waals surface area contributed by atoms with Crippen molar-refractivity contribution in [2.75, 3.05) is 18.1 Å². The maximum atomic E-state index is 11.5. The number of rotatable bonds is 1. The Balaban J connectivity index is 2.46. The van der Waals surface area contributed by atoms with Gasteiger partial charge in [0.1, 0.15) is 12.3 Å². The van der Waals surface area contributed by atoms with Crippen molar-refractivity contribution < 1.29 is 9.53 Å². The summed E-state index contributed by atoms with van der Waals surface area (Å²) in [5.74, 6) is 0.440. The van der Waals surface area contributed by atoms with Gasteiger partial charge in [-0.15, -0.1) is 0 Å². The van der Waals surface area contributed by atoms with Crippen LogP contribution < -0.4 is 9.64 Å². The molecule has 5 heteroatoms. The molecule has 1 aliphatic heterocycles. The molecule has 0 atom stereocenters. The normalized spacial score (nSPS) is 14.1. The molecule has 76 valence electrons. The van der Waals surface area contributed by atoms with E-state index in [0.29, 0.717) is 11.4 Å². The number of halogens is 1. The standard InChI is InChI=1S/C10H7BrN2O2/c11-7-1-2-9-8(5-7)13(4-3-12)10(14)6-15-9/h1-2,5H,4,6H2. The molecule has 0 spiro atoms. The van der Waals surface area contributed by atoms with Gasteiger partial charge in [-0.25, -0.2) is 0 Å². The highest BCUT2D eigenvalue weighted by molar-refractivity contribution is 9.10. The molecule has 0 aliphatic carbocycles. The summed E-state index contributed by atoms with van der Waals surface area (Å²) >= 11 is 3.31. The number of benzene rings is 1. The molecule has 0 fully saturated rings. The summed E-state index contributed by atoms with van der Waals surface area (Å²) in [6.45, 7) is 0.0436. The zero-order valence-corrected chi connectivity index (χ0v) is 9.32. The molecule has 0 unspecified atom stereocenters. The average Bonchev–Trinajstić information content (AvgIpc) is 2.23. The maximum absolute atomic E-state index is 11.5. The predicted octanol–water partition coefficient (Wildman–Crippen LogP) is 1.70. The lowest BCUT2D eigenvalue weighted by atomic mass is 10.2. The van der Waals surface area contributed by atoms with Crippen molar-refractivity contribution >= 4 is 27.5 Å². The van der Waals surface area contributed by atoms with Crippen LogP contribution in [-0.2, 0) is 4.79 Å². The van der Waals surface area contributed by atoms with Gasteiger partial charge in [-0.1, -0.05) is 15.9 Å². The van der Waals surface area contributed by atoms with Crippen LogP contribution in [0.2, 0.25) is 0 Å². The highest BCUT2D eigenvalue weighted by atomic mass is 79.9. The van der Waals surface area contributed by atoms with E-state index in [2.05, 4.69) is 15.9 Å². The fourth-order valence-electron chi connectivity index (χ4n) is 1.42. The second-order valence-corrected chi connectivity index (χ2v) is 3.95. The predicted molar refractivity (Wildman–Crippen MR) is 57.6 cm³/mol. The van der Waals surface area contributed by atoms with Crippen molar-refractivity contribution in [1.29, 1.82) is 5.26 Å². The number of carbonyl (C=O) groups is 1. The van der Waals surface area contributed by atoms with Gasteiger partial charge < -0.3 is 4.74 Å². The molecule has 1 aromatic carbocycles. The number of carbonyl (C=O) groups excluding carboxylic acids is 1. The van der Waals surface area contributed by atoms with Crippen LogP contribution >= 0.6 is 15.9 Å². The largest absolute Gasteiger partial charge is 0.482 e. The Morgan fingerprint density at radius 3 is 3.13 bits per heavy atom. The number of ether oxygens (including phenoxy) is 1. The van der Waals surface area contributed by atoms with Crippen molar-refractivity contribution in [3.05, 3.63) is 22.7 Å². The number of amides is 1. The molecule has 1 amide bonds. The van der Waals surface area contributed by atoms with Crippen molar-refractivity contribution in [1.82, 2.24) is 0 Å². The van der Waals surface area contributed by atoms with Crippen LogP contribution in [-0.4, -0.2) is 19.1 Å². The highest BCUT2D eigenvalue weighted by Crippen LogP contribution is 2.34. The Morgan fingerprint density at radius 2 is 2.40 bits per heavy atom. The van der Waals surface area contributed by atoms with Crippen LogP contribution in [0, 0.1) is 11.3 Å². The van der Waals surface area contributed by atoms with Crippen LogP contribution in [0.3, 0.4) is 0 Å². The third-order valence-corrected chi connectivity index (χ3v) is 2.59. The first-order chi connectivity index (χ1) is 7.22. The summed E-state index contributed by atoms with van der Waals surface area (Å²) < 4.78 is 6.10. The van der Waals surface area contributed by atoms with Gasteiger partial charge in [-0.3, -0.25) is 9.69 Å². The first kappa shape index (κ1) is 9.99. The Labute approximate surface area is 95.2 Å². The minimum absolute atomic E-state index is 0.00366. The summed E-state index contributed by atoms with van der Waals surface area (Å²) in [5, 5.41) is 8.63. The summed E-state index contributed by atoms with van der Waals surface area (Å²) in [5.41, 5.74) is 0.641. The Bertz CT molecular complexity index is 453. The summed E-state index contributed by atoms with van der Waals surface area (Å²) in [6.07, 6.45) is 0. The zero-order chi connectivity index (χ0) is 10.8. The van der Waals surface area contributed by atoms with E-state index in [1.54, 1.807) is 12.1 Å². The van der Waals surface area contributed by atoms with E-state index in [4.69, 9.17) is 10.00 Å². The smallest absolute Gasteiger partial charge is 0.265 e. The molecule has 1 aliphatic rings. The molecule has 15 heavy (non-hydrogen) atoms. The zero-order valence-electron chi connectivity index (χ0n) is 7.74.